The molecule has 0 spiro atoms. The van der Waals surface area contributed by atoms with E-state index in [1.165, 1.54) is 23.5 Å². The number of fused-ring (bicyclic) bond motifs is 1. The third-order valence-electron chi connectivity index (χ3n) is 4.92. The average Bonchev–Trinajstić information content (AvgIpc) is 3.21. The molecule has 0 atom stereocenters. The number of hydrogen-bond acceptors (Lipinski definition) is 8. The number of carbonyl (C=O) groups is 2. The summed E-state index contributed by atoms with van der Waals surface area (Å²) in [6.45, 7) is 6.02. The molecule has 0 aliphatic rings. The molecule has 1 aromatic carbocycles. The van der Waals surface area contributed by atoms with Crippen LogP contribution in [-0.2, 0) is 0 Å². The summed E-state index contributed by atoms with van der Waals surface area (Å²) in [5, 5.41) is 3.32. The summed E-state index contributed by atoms with van der Waals surface area (Å²) in [5.74, 6) is 0.660. The molecule has 0 saturated heterocycles. The van der Waals surface area contributed by atoms with E-state index in [4.69, 9.17) is 9.15 Å². The van der Waals surface area contributed by atoms with Crippen molar-refractivity contribution >= 4 is 28.6 Å². The van der Waals surface area contributed by atoms with Gasteiger partial charge in [-0.05, 0) is 39.0 Å². The van der Waals surface area contributed by atoms with Crippen LogP contribution in [-0.4, -0.2) is 50.2 Å². The number of carbonyl (C=O) groups excluding carboxylic acids is 2. The topological polar surface area (TPSA) is 123 Å². The Labute approximate surface area is 189 Å². The van der Waals surface area contributed by atoms with Gasteiger partial charge in [0.05, 0.1) is 41.4 Å². The third kappa shape index (κ3) is 4.64. The predicted octanol–water partition coefficient (Wildman–Crippen LogP) is 3.77. The Morgan fingerprint density at radius 1 is 1.06 bits per heavy atom. The Kier molecular flexibility index (Phi) is 5.99. The van der Waals surface area contributed by atoms with Gasteiger partial charge in [-0.15, -0.1) is 0 Å². The summed E-state index contributed by atoms with van der Waals surface area (Å²) in [4.78, 5) is 43.5. The SMILES string of the molecule is CCN(C)C(=O)c1cnc(Oc2c(C(=O)Nc3cnc(C)cn3)ccc3oc(C)cc23)cn1. The zero-order valence-electron chi connectivity index (χ0n) is 18.6. The smallest absolute Gasteiger partial charge is 0.273 e. The Hall–Kier alpha value is -4.34. The number of furan rings is 1. The maximum atomic E-state index is 13.0. The van der Waals surface area contributed by atoms with Gasteiger partial charge < -0.3 is 19.4 Å². The lowest BCUT2D eigenvalue weighted by Crippen LogP contribution is -2.27. The van der Waals surface area contributed by atoms with E-state index in [9.17, 15) is 9.59 Å². The highest BCUT2D eigenvalue weighted by Crippen LogP contribution is 2.35. The number of benzene rings is 1. The molecule has 1 N–H and O–H groups in total. The van der Waals surface area contributed by atoms with Crippen molar-refractivity contribution in [2.45, 2.75) is 20.8 Å². The Morgan fingerprint density at radius 3 is 2.55 bits per heavy atom. The van der Waals surface area contributed by atoms with Crippen molar-refractivity contribution in [3.05, 3.63) is 65.7 Å². The number of ether oxygens (including phenoxy) is 1. The molecule has 2 amide bonds. The van der Waals surface area contributed by atoms with E-state index in [0.29, 0.717) is 29.1 Å². The lowest BCUT2D eigenvalue weighted by atomic mass is 10.1. The predicted molar refractivity (Wildman–Crippen MR) is 120 cm³/mol. The number of anilines is 1. The van der Waals surface area contributed by atoms with Crippen LogP contribution in [0.4, 0.5) is 5.82 Å². The van der Waals surface area contributed by atoms with Crippen LogP contribution in [0, 0.1) is 13.8 Å². The fourth-order valence-corrected chi connectivity index (χ4v) is 3.07. The molecule has 33 heavy (non-hydrogen) atoms. The zero-order valence-corrected chi connectivity index (χ0v) is 18.6. The molecule has 3 heterocycles. The highest BCUT2D eigenvalue weighted by atomic mass is 16.5. The number of amides is 2. The molecule has 10 nitrogen and oxygen atoms in total. The molecule has 168 valence electrons. The summed E-state index contributed by atoms with van der Waals surface area (Å²) >= 11 is 0. The van der Waals surface area contributed by atoms with E-state index in [1.807, 2.05) is 6.92 Å². The second-order valence-corrected chi connectivity index (χ2v) is 7.37. The molecule has 4 rings (SSSR count). The molecule has 3 aromatic heterocycles. The van der Waals surface area contributed by atoms with E-state index in [2.05, 4.69) is 25.3 Å². The van der Waals surface area contributed by atoms with Gasteiger partial charge in [-0.25, -0.2) is 15.0 Å². The van der Waals surface area contributed by atoms with Crippen LogP contribution in [0.3, 0.4) is 0 Å². The molecule has 0 unspecified atom stereocenters. The third-order valence-corrected chi connectivity index (χ3v) is 4.92. The lowest BCUT2D eigenvalue weighted by Gasteiger charge is -2.14. The Bertz CT molecular complexity index is 1320. The quantitative estimate of drug-likeness (QED) is 0.475. The van der Waals surface area contributed by atoms with Gasteiger partial charge in [-0.3, -0.25) is 14.6 Å². The second kappa shape index (κ2) is 9.03. The van der Waals surface area contributed by atoms with Crippen LogP contribution in [0.25, 0.3) is 11.0 Å². The summed E-state index contributed by atoms with van der Waals surface area (Å²) in [7, 11) is 1.68. The van der Waals surface area contributed by atoms with Crippen LogP contribution >= 0.6 is 0 Å². The van der Waals surface area contributed by atoms with Crippen molar-refractivity contribution in [1.82, 2.24) is 24.8 Å². The van der Waals surface area contributed by atoms with Gasteiger partial charge in [0, 0.05) is 13.6 Å². The van der Waals surface area contributed by atoms with E-state index < -0.39 is 5.91 Å². The standard InChI is InChI=1S/C23H22N6O4/c1-5-29(4)23(31)17-10-27-20(12-25-17)33-21-15(6-7-18-16(21)8-14(3)32-18)22(30)28-19-11-24-13(2)9-26-19/h6-12H,5H2,1-4H3,(H,26,28,30). The number of rotatable bonds is 6. The molecule has 0 aliphatic heterocycles. The van der Waals surface area contributed by atoms with E-state index in [1.54, 1.807) is 45.3 Å². The first-order valence-electron chi connectivity index (χ1n) is 10.2. The highest BCUT2D eigenvalue weighted by Gasteiger charge is 2.21. The Balaban J connectivity index is 1.67. The number of nitrogens with zero attached hydrogens (tertiary/aromatic N) is 5. The van der Waals surface area contributed by atoms with Crippen molar-refractivity contribution < 1.29 is 18.7 Å². The van der Waals surface area contributed by atoms with E-state index in [-0.39, 0.29) is 28.8 Å². The van der Waals surface area contributed by atoms with Gasteiger partial charge in [0.15, 0.2) is 11.6 Å². The van der Waals surface area contributed by atoms with Crippen LogP contribution in [0.5, 0.6) is 11.6 Å². The van der Waals surface area contributed by atoms with Crippen LogP contribution in [0.2, 0.25) is 0 Å². The monoisotopic (exact) mass is 446 g/mol. The summed E-state index contributed by atoms with van der Waals surface area (Å²) in [6.07, 6.45) is 5.72. The first kappa shape index (κ1) is 21.9. The minimum absolute atomic E-state index is 0.126. The highest BCUT2D eigenvalue weighted by molar-refractivity contribution is 6.09. The van der Waals surface area contributed by atoms with Gasteiger partial charge in [0.1, 0.15) is 17.0 Å². The molecule has 0 radical (unpaired) electrons. The number of aromatic nitrogens is 4. The van der Waals surface area contributed by atoms with Gasteiger partial charge in [-0.2, -0.15) is 0 Å². The van der Waals surface area contributed by atoms with Gasteiger partial charge in [0.2, 0.25) is 5.88 Å². The molecule has 0 aliphatic carbocycles. The summed E-state index contributed by atoms with van der Waals surface area (Å²) in [5.41, 5.74) is 1.73. The maximum Gasteiger partial charge on any atom is 0.273 e. The number of nitrogens with one attached hydrogen (secondary N) is 1. The summed E-state index contributed by atoms with van der Waals surface area (Å²) < 4.78 is 11.7. The molecule has 4 aromatic rings. The van der Waals surface area contributed by atoms with Crippen molar-refractivity contribution in [1.29, 1.82) is 0 Å². The number of hydrogen-bond donors (Lipinski definition) is 1. The number of aryl methyl sites for hydroxylation is 2. The van der Waals surface area contributed by atoms with Crippen LogP contribution in [0.15, 0.2) is 47.4 Å². The fourth-order valence-electron chi connectivity index (χ4n) is 3.07. The zero-order chi connectivity index (χ0) is 23.5. The van der Waals surface area contributed by atoms with Crippen molar-refractivity contribution in [3.63, 3.8) is 0 Å². The minimum Gasteiger partial charge on any atom is -0.461 e. The van der Waals surface area contributed by atoms with E-state index >= 15 is 0 Å². The molecule has 0 saturated carbocycles. The normalized spacial score (nSPS) is 10.8. The largest absolute Gasteiger partial charge is 0.461 e. The molecular formula is C23H22N6O4. The molecule has 0 bridgehead atoms. The average molecular weight is 446 g/mol. The Morgan fingerprint density at radius 2 is 1.88 bits per heavy atom. The molecule has 10 heteroatoms. The molecular weight excluding hydrogens is 424 g/mol. The second-order valence-electron chi connectivity index (χ2n) is 7.37. The van der Waals surface area contributed by atoms with Gasteiger partial charge in [-0.1, -0.05) is 0 Å². The maximum absolute atomic E-state index is 13.0. The lowest BCUT2D eigenvalue weighted by molar-refractivity contribution is 0.0796. The summed E-state index contributed by atoms with van der Waals surface area (Å²) in [6, 6.07) is 5.06. The van der Waals surface area contributed by atoms with Crippen LogP contribution in [0.1, 0.15) is 39.2 Å². The fraction of sp³-hybridized carbons (Fsp3) is 0.217. The van der Waals surface area contributed by atoms with Gasteiger partial charge in [0.25, 0.3) is 11.8 Å². The van der Waals surface area contributed by atoms with Crippen molar-refractivity contribution in [2.75, 3.05) is 18.9 Å². The minimum atomic E-state index is -0.437. The first-order chi connectivity index (χ1) is 15.9. The van der Waals surface area contributed by atoms with Crippen LogP contribution < -0.4 is 10.1 Å². The van der Waals surface area contributed by atoms with E-state index in [0.717, 1.165) is 5.69 Å². The first-order valence-corrected chi connectivity index (χ1v) is 10.2. The van der Waals surface area contributed by atoms with Crippen molar-refractivity contribution in [2.24, 2.45) is 0 Å². The van der Waals surface area contributed by atoms with Gasteiger partial charge >= 0.3 is 0 Å². The van der Waals surface area contributed by atoms with Crippen molar-refractivity contribution in [3.8, 4) is 11.6 Å². The molecule has 0 fully saturated rings.